The van der Waals surface area contributed by atoms with Crippen molar-refractivity contribution < 1.29 is 19.1 Å². The number of ether oxygens (including phenoxy) is 2. The monoisotopic (exact) mass is 532 g/mol. The standard InChI is InChI=1S/C31H40N4O4/c1-5-6-15-39-31(26-10-8-7-9-22(26)2)19-35(20-31)30(37)27(17-24-11-13-25(38-4)14-12-24)34-29(36)16-23(3)28-18-32-21-33-28/h7-14,18,21,23,27H,5-6,15-17,19-20H2,1-4H3,(H,32,33)(H,34,36). The lowest BCUT2D eigenvalue weighted by molar-refractivity contribution is -0.175. The normalized spacial score (nSPS) is 15.7. The number of nitrogens with zero attached hydrogens (tertiary/aromatic N) is 2. The van der Waals surface area contributed by atoms with Crippen LogP contribution in [0.15, 0.2) is 61.1 Å². The minimum atomic E-state index is -0.689. The van der Waals surface area contributed by atoms with Crippen LogP contribution in [-0.4, -0.2) is 59.5 Å². The van der Waals surface area contributed by atoms with Crippen molar-refractivity contribution in [3.63, 3.8) is 0 Å². The zero-order valence-electron chi connectivity index (χ0n) is 23.4. The average molecular weight is 533 g/mol. The molecule has 2 unspecified atom stereocenters. The fourth-order valence-electron chi connectivity index (χ4n) is 5.16. The lowest BCUT2D eigenvalue weighted by Crippen LogP contribution is -2.66. The maximum absolute atomic E-state index is 13.9. The Balaban J connectivity index is 1.50. The predicted molar refractivity (Wildman–Crippen MR) is 151 cm³/mol. The number of benzene rings is 2. The van der Waals surface area contributed by atoms with Crippen molar-refractivity contribution in [1.29, 1.82) is 0 Å². The highest BCUT2D eigenvalue weighted by Gasteiger charge is 2.49. The zero-order chi connectivity index (χ0) is 27.8. The number of imidazole rings is 1. The third-order valence-electron chi connectivity index (χ3n) is 7.49. The molecule has 0 aliphatic carbocycles. The van der Waals surface area contributed by atoms with Gasteiger partial charge in [0.05, 0.1) is 26.5 Å². The maximum Gasteiger partial charge on any atom is 0.245 e. The van der Waals surface area contributed by atoms with Gasteiger partial charge < -0.3 is 24.7 Å². The molecule has 1 aliphatic heterocycles. The Morgan fingerprint density at radius 2 is 1.90 bits per heavy atom. The molecule has 2 N–H and O–H groups in total. The number of H-pyrrole nitrogens is 1. The molecule has 1 aliphatic rings. The van der Waals surface area contributed by atoms with Crippen LogP contribution in [-0.2, 0) is 26.3 Å². The highest BCUT2D eigenvalue weighted by atomic mass is 16.5. The summed E-state index contributed by atoms with van der Waals surface area (Å²) in [7, 11) is 1.62. The van der Waals surface area contributed by atoms with E-state index in [-0.39, 0.29) is 24.2 Å². The van der Waals surface area contributed by atoms with E-state index in [1.807, 2.05) is 48.2 Å². The number of aromatic amines is 1. The molecule has 1 fully saturated rings. The topological polar surface area (TPSA) is 96.6 Å². The van der Waals surface area contributed by atoms with Gasteiger partial charge in [-0.05, 0) is 42.2 Å². The molecule has 8 heteroatoms. The minimum absolute atomic E-state index is 0.0473. The minimum Gasteiger partial charge on any atom is -0.497 e. The Morgan fingerprint density at radius 3 is 2.54 bits per heavy atom. The quantitative estimate of drug-likeness (QED) is 0.316. The van der Waals surface area contributed by atoms with E-state index in [1.165, 1.54) is 0 Å². The second kappa shape index (κ2) is 12.9. The molecule has 39 heavy (non-hydrogen) atoms. The fourth-order valence-corrected chi connectivity index (χ4v) is 5.16. The number of unbranched alkanes of at least 4 members (excludes halogenated alkanes) is 1. The first-order valence-electron chi connectivity index (χ1n) is 13.7. The SMILES string of the molecule is CCCCOC1(c2ccccc2C)CN(C(=O)C(Cc2ccc(OC)cc2)NC(=O)CC(C)c2cnc[nH]2)C1. The highest BCUT2D eigenvalue weighted by Crippen LogP contribution is 2.38. The second-order valence-electron chi connectivity index (χ2n) is 10.5. The van der Waals surface area contributed by atoms with E-state index in [9.17, 15) is 9.59 Å². The molecular formula is C31H40N4O4. The maximum atomic E-state index is 13.9. The number of carbonyl (C=O) groups excluding carboxylic acids is 2. The first-order valence-corrected chi connectivity index (χ1v) is 13.7. The van der Waals surface area contributed by atoms with Crippen LogP contribution in [0.25, 0.3) is 0 Å². The molecular weight excluding hydrogens is 492 g/mol. The van der Waals surface area contributed by atoms with Crippen LogP contribution in [0.5, 0.6) is 5.75 Å². The molecule has 3 aromatic rings. The van der Waals surface area contributed by atoms with Crippen molar-refractivity contribution in [3.05, 3.63) is 83.4 Å². The molecule has 0 bridgehead atoms. The van der Waals surface area contributed by atoms with Crippen LogP contribution >= 0.6 is 0 Å². The van der Waals surface area contributed by atoms with Gasteiger partial charge >= 0.3 is 0 Å². The van der Waals surface area contributed by atoms with Crippen LogP contribution in [0.2, 0.25) is 0 Å². The van der Waals surface area contributed by atoms with Crippen LogP contribution in [0.3, 0.4) is 0 Å². The number of carbonyl (C=O) groups is 2. The van der Waals surface area contributed by atoms with Gasteiger partial charge in [0.25, 0.3) is 0 Å². The van der Waals surface area contributed by atoms with Crippen molar-refractivity contribution in [1.82, 2.24) is 20.2 Å². The number of rotatable bonds is 13. The number of aryl methyl sites for hydroxylation is 1. The molecule has 0 spiro atoms. The fraction of sp³-hybridized carbons (Fsp3) is 0.452. The molecule has 8 nitrogen and oxygen atoms in total. The molecule has 2 aromatic carbocycles. The van der Waals surface area contributed by atoms with Crippen molar-refractivity contribution in [3.8, 4) is 5.75 Å². The van der Waals surface area contributed by atoms with Gasteiger partial charge in [0, 0.05) is 37.3 Å². The Hall–Kier alpha value is -3.65. The molecule has 4 rings (SSSR count). The number of methoxy groups -OCH3 is 1. The Labute approximate surface area is 231 Å². The van der Waals surface area contributed by atoms with Gasteiger partial charge in [-0.3, -0.25) is 9.59 Å². The van der Waals surface area contributed by atoms with Gasteiger partial charge in [-0.2, -0.15) is 0 Å². The lowest BCUT2D eigenvalue weighted by atomic mass is 9.82. The Kier molecular flexibility index (Phi) is 9.41. The number of hydrogen-bond acceptors (Lipinski definition) is 5. The van der Waals surface area contributed by atoms with Crippen LogP contribution in [0, 0.1) is 6.92 Å². The molecule has 2 atom stereocenters. The van der Waals surface area contributed by atoms with E-state index in [0.717, 1.165) is 41.0 Å². The van der Waals surface area contributed by atoms with E-state index >= 15 is 0 Å². The van der Waals surface area contributed by atoms with E-state index < -0.39 is 11.6 Å². The number of amides is 2. The summed E-state index contributed by atoms with van der Waals surface area (Å²) in [5, 5.41) is 3.03. The third-order valence-corrected chi connectivity index (χ3v) is 7.49. The summed E-state index contributed by atoms with van der Waals surface area (Å²) >= 11 is 0. The summed E-state index contributed by atoms with van der Waals surface area (Å²) in [4.78, 5) is 35.9. The molecule has 2 heterocycles. The first-order chi connectivity index (χ1) is 18.8. The van der Waals surface area contributed by atoms with Crippen LogP contribution < -0.4 is 10.1 Å². The second-order valence-corrected chi connectivity index (χ2v) is 10.5. The summed E-state index contributed by atoms with van der Waals surface area (Å²) in [5.74, 6) is 0.424. The van der Waals surface area contributed by atoms with Gasteiger partial charge in [0.15, 0.2) is 0 Å². The Morgan fingerprint density at radius 1 is 1.15 bits per heavy atom. The summed E-state index contributed by atoms with van der Waals surface area (Å²) in [6.07, 6.45) is 5.97. The third kappa shape index (κ3) is 6.87. The predicted octanol–water partition coefficient (Wildman–Crippen LogP) is 4.50. The van der Waals surface area contributed by atoms with Gasteiger partial charge in [-0.15, -0.1) is 0 Å². The summed E-state index contributed by atoms with van der Waals surface area (Å²) < 4.78 is 11.7. The van der Waals surface area contributed by atoms with Gasteiger partial charge in [-0.1, -0.05) is 56.7 Å². The van der Waals surface area contributed by atoms with E-state index in [2.05, 4.69) is 41.3 Å². The van der Waals surface area contributed by atoms with Crippen molar-refractivity contribution in [2.75, 3.05) is 26.8 Å². The molecule has 0 radical (unpaired) electrons. The highest BCUT2D eigenvalue weighted by molar-refractivity contribution is 5.89. The first kappa shape index (κ1) is 28.4. The number of likely N-dealkylation sites (tertiary alicyclic amines) is 1. The summed E-state index contributed by atoms with van der Waals surface area (Å²) in [6, 6.07) is 15.1. The molecule has 1 aromatic heterocycles. The number of nitrogens with one attached hydrogen (secondary N) is 2. The van der Waals surface area contributed by atoms with Crippen molar-refractivity contribution >= 4 is 11.8 Å². The van der Waals surface area contributed by atoms with Crippen molar-refractivity contribution in [2.45, 2.75) is 64.0 Å². The van der Waals surface area contributed by atoms with Gasteiger partial charge in [0.2, 0.25) is 11.8 Å². The van der Waals surface area contributed by atoms with Gasteiger partial charge in [-0.25, -0.2) is 4.98 Å². The number of aromatic nitrogens is 2. The van der Waals surface area contributed by atoms with E-state index in [1.54, 1.807) is 19.6 Å². The lowest BCUT2D eigenvalue weighted by Gasteiger charge is -2.51. The molecule has 2 amide bonds. The van der Waals surface area contributed by atoms with Crippen LogP contribution in [0.1, 0.15) is 61.4 Å². The van der Waals surface area contributed by atoms with Crippen LogP contribution in [0.4, 0.5) is 0 Å². The molecule has 1 saturated heterocycles. The average Bonchev–Trinajstić information content (AvgIpc) is 3.46. The zero-order valence-corrected chi connectivity index (χ0v) is 23.4. The largest absolute Gasteiger partial charge is 0.497 e. The Bertz CT molecular complexity index is 1220. The summed E-state index contributed by atoms with van der Waals surface area (Å²) in [6.45, 7) is 7.75. The number of hydrogen-bond donors (Lipinski definition) is 2. The molecule has 208 valence electrons. The van der Waals surface area contributed by atoms with E-state index in [4.69, 9.17) is 9.47 Å². The smallest absolute Gasteiger partial charge is 0.245 e. The van der Waals surface area contributed by atoms with E-state index in [0.29, 0.717) is 26.1 Å². The summed E-state index contributed by atoms with van der Waals surface area (Å²) in [5.41, 5.74) is 3.57. The van der Waals surface area contributed by atoms with Crippen molar-refractivity contribution in [2.24, 2.45) is 0 Å². The molecule has 0 saturated carbocycles. The van der Waals surface area contributed by atoms with Gasteiger partial charge in [0.1, 0.15) is 17.4 Å².